The zero-order chi connectivity index (χ0) is 17.3. The molecule has 1 saturated heterocycles. The number of halogens is 1. The minimum Gasteiger partial charge on any atom is -0.507 e. The third kappa shape index (κ3) is 3.18. The number of rotatable bonds is 3. The molecule has 122 valence electrons. The topological polar surface area (TPSA) is 66.8 Å². The molecule has 0 spiro atoms. The van der Waals surface area contributed by atoms with Gasteiger partial charge in [-0.2, -0.15) is 0 Å². The number of phenols is 1. The molecular weight excluding hydrogens is 394 g/mol. The molecule has 2 aromatic rings. The predicted octanol–water partition coefficient (Wildman–Crippen LogP) is 4.40. The molecule has 2 amide bonds. The minimum atomic E-state index is -0.735. The van der Waals surface area contributed by atoms with Crippen LogP contribution in [-0.2, 0) is 9.53 Å². The average Bonchev–Trinajstić information content (AvgIpc) is 2.85. The summed E-state index contributed by atoms with van der Waals surface area (Å²) in [4.78, 5) is 26.5. The highest BCUT2D eigenvalue weighted by Crippen LogP contribution is 2.29. The minimum absolute atomic E-state index is 0.0634. The Morgan fingerprint density at radius 1 is 1.17 bits per heavy atom. The highest BCUT2D eigenvalue weighted by atomic mass is 79.9. The molecule has 0 atom stereocenters. The van der Waals surface area contributed by atoms with Gasteiger partial charge < -0.3 is 9.84 Å². The average molecular weight is 406 g/mol. The van der Waals surface area contributed by atoms with Crippen LogP contribution in [0.15, 0.2) is 57.6 Å². The lowest BCUT2D eigenvalue weighted by atomic mass is 10.2. The first-order chi connectivity index (χ1) is 11.5. The molecule has 0 aromatic heterocycles. The van der Waals surface area contributed by atoms with Crippen LogP contribution in [0.4, 0.5) is 10.5 Å². The number of aromatic hydroxyl groups is 1. The highest BCUT2D eigenvalue weighted by Gasteiger charge is 2.37. The van der Waals surface area contributed by atoms with Gasteiger partial charge in [0.05, 0.1) is 10.2 Å². The molecule has 24 heavy (non-hydrogen) atoms. The van der Waals surface area contributed by atoms with Gasteiger partial charge >= 0.3 is 12.0 Å². The maximum atomic E-state index is 12.5. The number of carbonyl (C=O) groups excluding carboxylic acids is 2. The van der Waals surface area contributed by atoms with E-state index in [-0.39, 0.29) is 11.5 Å². The van der Waals surface area contributed by atoms with Gasteiger partial charge in [0.25, 0.3) is 0 Å². The van der Waals surface area contributed by atoms with Crippen LogP contribution in [0.2, 0.25) is 0 Å². The van der Waals surface area contributed by atoms with Crippen molar-refractivity contribution in [3.05, 3.63) is 58.3 Å². The third-order valence-corrected chi connectivity index (χ3v) is 4.77. The van der Waals surface area contributed by atoms with E-state index in [0.29, 0.717) is 15.7 Å². The summed E-state index contributed by atoms with van der Waals surface area (Å²) < 4.78 is 5.57. The standard InChI is InChI=1S/C17H12BrNO4S/c1-24-12-5-3-11(4-6-12)19-16(21)15(23-17(19)22)9-10-2-7-14(20)13(18)8-10/h2-9,20H,1H3/b15-9-. The second-order valence-electron chi connectivity index (χ2n) is 4.93. The van der Waals surface area contributed by atoms with Gasteiger partial charge in [-0.3, -0.25) is 4.79 Å². The van der Waals surface area contributed by atoms with Gasteiger partial charge in [-0.25, -0.2) is 9.69 Å². The number of phenolic OH excluding ortho intramolecular Hbond substituents is 1. The van der Waals surface area contributed by atoms with Crippen LogP contribution in [0.5, 0.6) is 5.75 Å². The summed E-state index contributed by atoms with van der Waals surface area (Å²) in [6.45, 7) is 0. The SMILES string of the molecule is CSc1ccc(N2C(=O)O/C(=C\c3ccc(O)c(Br)c3)C2=O)cc1. The normalized spacial score (nSPS) is 15.9. The fraction of sp³-hybridized carbons (Fsp3) is 0.0588. The van der Waals surface area contributed by atoms with Crippen LogP contribution in [0.25, 0.3) is 6.08 Å². The molecule has 1 N–H and O–H groups in total. The maximum absolute atomic E-state index is 12.5. The lowest BCUT2D eigenvalue weighted by Gasteiger charge is -2.10. The van der Waals surface area contributed by atoms with Gasteiger partial charge in [0.1, 0.15) is 5.75 Å². The van der Waals surface area contributed by atoms with E-state index < -0.39 is 12.0 Å². The molecular formula is C17H12BrNO4S. The summed E-state index contributed by atoms with van der Waals surface area (Å²) in [5, 5.41) is 9.50. The smallest absolute Gasteiger partial charge is 0.427 e. The molecule has 0 radical (unpaired) electrons. The van der Waals surface area contributed by atoms with E-state index >= 15 is 0 Å². The number of imide groups is 1. The van der Waals surface area contributed by atoms with E-state index in [1.807, 2.05) is 18.4 Å². The number of cyclic esters (lactones) is 1. The summed E-state index contributed by atoms with van der Waals surface area (Å²) in [6, 6.07) is 11.8. The van der Waals surface area contributed by atoms with E-state index in [1.165, 1.54) is 12.1 Å². The van der Waals surface area contributed by atoms with Crippen molar-refractivity contribution in [2.45, 2.75) is 4.90 Å². The molecule has 3 rings (SSSR count). The fourth-order valence-electron chi connectivity index (χ4n) is 2.19. The Labute approximate surface area is 151 Å². The number of hydrogen-bond donors (Lipinski definition) is 1. The fourth-order valence-corrected chi connectivity index (χ4v) is 2.99. The molecule has 2 aromatic carbocycles. The van der Waals surface area contributed by atoms with Crippen LogP contribution in [0.3, 0.4) is 0 Å². The van der Waals surface area contributed by atoms with E-state index in [2.05, 4.69) is 15.9 Å². The van der Waals surface area contributed by atoms with Crippen molar-refractivity contribution >= 4 is 51.5 Å². The second kappa shape index (κ2) is 6.70. The number of hydrogen-bond acceptors (Lipinski definition) is 5. The molecule has 7 heteroatoms. The van der Waals surface area contributed by atoms with Gasteiger partial charge in [0.15, 0.2) is 5.76 Å². The first-order valence-electron chi connectivity index (χ1n) is 6.90. The number of amides is 2. The Morgan fingerprint density at radius 2 is 1.88 bits per heavy atom. The first kappa shape index (κ1) is 16.6. The Balaban J connectivity index is 1.90. The molecule has 1 fully saturated rings. The number of ether oxygens (including phenoxy) is 1. The zero-order valence-corrected chi connectivity index (χ0v) is 14.9. The Kier molecular flexibility index (Phi) is 4.64. The molecule has 0 unspecified atom stereocenters. The number of benzene rings is 2. The van der Waals surface area contributed by atoms with E-state index in [9.17, 15) is 14.7 Å². The van der Waals surface area contributed by atoms with Gasteiger partial charge in [-0.15, -0.1) is 11.8 Å². The second-order valence-corrected chi connectivity index (χ2v) is 6.66. The molecule has 1 heterocycles. The summed E-state index contributed by atoms with van der Waals surface area (Å²) >= 11 is 4.77. The van der Waals surface area contributed by atoms with Crippen molar-refractivity contribution in [3.8, 4) is 5.75 Å². The summed E-state index contributed by atoms with van der Waals surface area (Å²) in [5.41, 5.74) is 1.08. The van der Waals surface area contributed by atoms with Gasteiger partial charge in [-0.1, -0.05) is 6.07 Å². The van der Waals surface area contributed by atoms with Crippen molar-refractivity contribution in [2.75, 3.05) is 11.2 Å². The van der Waals surface area contributed by atoms with Crippen molar-refractivity contribution in [2.24, 2.45) is 0 Å². The van der Waals surface area contributed by atoms with Gasteiger partial charge in [0.2, 0.25) is 0 Å². The maximum Gasteiger partial charge on any atom is 0.427 e. The summed E-state index contributed by atoms with van der Waals surface area (Å²) in [7, 11) is 0. The zero-order valence-electron chi connectivity index (χ0n) is 12.5. The first-order valence-corrected chi connectivity index (χ1v) is 8.92. The summed E-state index contributed by atoms with van der Waals surface area (Å²) in [5.74, 6) is -0.505. The molecule has 1 aliphatic heterocycles. The monoisotopic (exact) mass is 405 g/mol. The summed E-state index contributed by atoms with van der Waals surface area (Å²) in [6.07, 6.45) is 2.67. The van der Waals surface area contributed by atoms with Gasteiger partial charge in [-0.05, 0) is 70.2 Å². The Bertz CT molecular complexity index is 848. The van der Waals surface area contributed by atoms with Crippen molar-refractivity contribution in [3.63, 3.8) is 0 Å². The number of nitrogens with zero attached hydrogens (tertiary/aromatic N) is 1. The van der Waals surface area contributed by atoms with Crippen LogP contribution in [-0.4, -0.2) is 23.4 Å². The molecule has 0 bridgehead atoms. The lowest BCUT2D eigenvalue weighted by Crippen LogP contribution is -2.28. The van der Waals surface area contributed by atoms with E-state index in [4.69, 9.17) is 4.74 Å². The molecule has 0 saturated carbocycles. The van der Waals surface area contributed by atoms with Crippen LogP contribution >= 0.6 is 27.7 Å². The number of carbonyl (C=O) groups is 2. The molecule has 1 aliphatic rings. The number of thioether (sulfide) groups is 1. The predicted molar refractivity (Wildman–Crippen MR) is 96.0 cm³/mol. The highest BCUT2D eigenvalue weighted by molar-refractivity contribution is 9.10. The molecule has 0 aliphatic carbocycles. The van der Waals surface area contributed by atoms with Crippen molar-refractivity contribution < 1.29 is 19.4 Å². The lowest BCUT2D eigenvalue weighted by molar-refractivity contribution is -0.114. The van der Waals surface area contributed by atoms with Crippen LogP contribution < -0.4 is 4.90 Å². The van der Waals surface area contributed by atoms with E-state index in [1.54, 1.807) is 36.0 Å². The van der Waals surface area contributed by atoms with Crippen molar-refractivity contribution in [1.29, 1.82) is 0 Å². The van der Waals surface area contributed by atoms with Crippen molar-refractivity contribution in [1.82, 2.24) is 0 Å². The third-order valence-electron chi connectivity index (χ3n) is 3.39. The Hall–Kier alpha value is -2.25. The van der Waals surface area contributed by atoms with Gasteiger partial charge in [0, 0.05) is 4.90 Å². The van der Waals surface area contributed by atoms with Crippen LogP contribution in [0.1, 0.15) is 5.56 Å². The van der Waals surface area contributed by atoms with E-state index in [0.717, 1.165) is 9.80 Å². The number of anilines is 1. The largest absolute Gasteiger partial charge is 0.507 e. The quantitative estimate of drug-likeness (QED) is 0.605. The van der Waals surface area contributed by atoms with Crippen LogP contribution in [0, 0.1) is 0 Å². The molecule has 5 nitrogen and oxygen atoms in total. The Morgan fingerprint density at radius 3 is 2.50 bits per heavy atom.